The lowest BCUT2D eigenvalue weighted by atomic mass is 10.1. The van der Waals surface area contributed by atoms with E-state index in [4.69, 9.17) is 0 Å². The predicted octanol–water partition coefficient (Wildman–Crippen LogP) is 2.24. The monoisotopic (exact) mass is 351 g/mol. The molecule has 2 aromatic rings. The summed E-state index contributed by atoms with van der Waals surface area (Å²) in [4.78, 5) is 39.7. The van der Waals surface area contributed by atoms with Gasteiger partial charge in [-0.1, -0.05) is 18.2 Å². The van der Waals surface area contributed by atoms with Gasteiger partial charge in [0.15, 0.2) is 0 Å². The SMILES string of the molecule is CC(=O)Nc1ccc(C(=O)N2CCN(C(=O)c3ccccc3)CC2)cc1. The average molecular weight is 351 g/mol. The molecule has 1 aliphatic rings. The van der Waals surface area contributed by atoms with E-state index < -0.39 is 0 Å². The highest BCUT2D eigenvalue weighted by atomic mass is 16.2. The second-order valence-electron chi connectivity index (χ2n) is 6.21. The lowest BCUT2D eigenvalue weighted by Crippen LogP contribution is -2.50. The maximum atomic E-state index is 12.6. The van der Waals surface area contributed by atoms with E-state index in [1.54, 1.807) is 46.2 Å². The Balaban J connectivity index is 1.58. The van der Waals surface area contributed by atoms with Gasteiger partial charge in [-0.3, -0.25) is 14.4 Å². The van der Waals surface area contributed by atoms with Crippen LogP contribution in [0, 0.1) is 0 Å². The molecule has 1 heterocycles. The van der Waals surface area contributed by atoms with E-state index in [-0.39, 0.29) is 17.7 Å². The van der Waals surface area contributed by atoms with Crippen molar-refractivity contribution in [2.75, 3.05) is 31.5 Å². The van der Waals surface area contributed by atoms with E-state index in [0.29, 0.717) is 43.0 Å². The maximum absolute atomic E-state index is 12.6. The van der Waals surface area contributed by atoms with Gasteiger partial charge in [0, 0.05) is 49.9 Å². The van der Waals surface area contributed by atoms with Gasteiger partial charge in [-0.25, -0.2) is 0 Å². The lowest BCUT2D eigenvalue weighted by molar-refractivity contribution is -0.114. The van der Waals surface area contributed by atoms with Crippen LogP contribution in [0.1, 0.15) is 27.6 Å². The minimum absolute atomic E-state index is 0.00245. The molecular weight excluding hydrogens is 330 g/mol. The Morgan fingerprint density at radius 3 is 1.65 bits per heavy atom. The van der Waals surface area contributed by atoms with Gasteiger partial charge in [0.1, 0.15) is 0 Å². The average Bonchev–Trinajstić information content (AvgIpc) is 2.68. The van der Waals surface area contributed by atoms with Crippen LogP contribution in [0.4, 0.5) is 5.69 Å². The van der Waals surface area contributed by atoms with Gasteiger partial charge < -0.3 is 15.1 Å². The van der Waals surface area contributed by atoms with Crippen molar-refractivity contribution in [2.45, 2.75) is 6.92 Å². The molecule has 0 unspecified atom stereocenters. The molecule has 3 rings (SSSR count). The molecule has 1 fully saturated rings. The Morgan fingerprint density at radius 2 is 1.19 bits per heavy atom. The third-order valence-electron chi connectivity index (χ3n) is 4.33. The van der Waals surface area contributed by atoms with Crippen molar-refractivity contribution < 1.29 is 14.4 Å². The number of nitrogens with one attached hydrogen (secondary N) is 1. The first-order valence-electron chi connectivity index (χ1n) is 8.56. The summed E-state index contributed by atoms with van der Waals surface area (Å²) in [6.45, 7) is 3.48. The van der Waals surface area contributed by atoms with Gasteiger partial charge in [0.05, 0.1) is 0 Å². The van der Waals surface area contributed by atoms with E-state index in [0.717, 1.165) is 0 Å². The zero-order valence-corrected chi connectivity index (χ0v) is 14.6. The molecule has 1 saturated heterocycles. The van der Waals surface area contributed by atoms with E-state index >= 15 is 0 Å². The Kier molecular flexibility index (Phi) is 5.31. The first kappa shape index (κ1) is 17.7. The van der Waals surface area contributed by atoms with Crippen molar-refractivity contribution in [3.63, 3.8) is 0 Å². The highest BCUT2D eigenvalue weighted by molar-refractivity contribution is 5.96. The number of hydrogen-bond donors (Lipinski definition) is 1. The van der Waals surface area contributed by atoms with Crippen LogP contribution in [0.15, 0.2) is 54.6 Å². The Hall–Kier alpha value is -3.15. The number of hydrogen-bond acceptors (Lipinski definition) is 3. The number of rotatable bonds is 3. The van der Waals surface area contributed by atoms with E-state index in [9.17, 15) is 14.4 Å². The predicted molar refractivity (Wildman–Crippen MR) is 99.0 cm³/mol. The minimum atomic E-state index is -0.150. The molecule has 6 heteroatoms. The van der Waals surface area contributed by atoms with Crippen molar-refractivity contribution in [1.29, 1.82) is 0 Å². The molecule has 6 nitrogen and oxygen atoms in total. The zero-order valence-electron chi connectivity index (χ0n) is 14.6. The van der Waals surface area contributed by atoms with Crippen LogP contribution in [-0.4, -0.2) is 53.7 Å². The summed E-state index contributed by atoms with van der Waals surface area (Å²) >= 11 is 0. The second-order valence-corrected chi connectivity index (χ2v) is 6.21. The zero-order chi connectivity index (χ0) is 18.5. The first-order chi connectivity index (χ1) is 12.5. The number of amides is 3. The molecule has 0 aliphatic carbocycles. The summed E-state index contributed by atoms with van der Waals surface area (Å²) in [6.07, 6.45) is 0. The molecule has 26 heavy (non-hydrogen) atoms. The number of piperazine rings is 1. The fourth-order valence-corrected chi connectivity index (χ4v) is 2.96. The smallest absolute Gasteiger partial charge is 0.253 e. The molecule has 1 aliphatic heterocycles. The summed E-state index contributed by atoms with van der Waals surface area (Å²) < 4.78 is 0. The van der Waals surface area contributed by atoms with Crippen molar-refractivity contribution in [2.24, 2.45) is 0 Å². The largest absolute Gasteiger partial charge is 0.335 e. The van der Waals surface area contributed by atoms with Gasteiger partial charge in [0.2, 0.25) is 5.91 Å². The number of benzene rings is 2. The van der Waals surface area contributed by atoms with Crippen LogP contribution in [0.5, 0.6) is 0 Å². The summed E-state index contributed by atoms with van der Waals surface area (Å²) in [5, 5.41) is 2.68. The van der Waals surface area contributed by atoms with E-state index in [1.807, 2.05) is 18.2 Å². The van der Waals surface area contributed by atoms with Gasteiger partial charge in [-0.15, -0.1) is 0 Å². The van der Waals surface area contributed by atoms with Gasteiger partial charge in [-0.2, -0.15) is 0 Å². The van der Waals surface area contributed by atoms with Crippen LogP contribution in [0.2, 0.25) is 0 Å². The van der Waals surface area contributed by atoms with E-state index in [2.05, 4.69) is 5.32 Å². The molecule has 0 radical (unpaired) electrons. The third-order valence-corrected chi connectivity index (χ3v) is 4.33. The van der Waals surface area contributed by atoms with Crippen molar-refractivity contribution in [1.82, 2.24) is 9.80 Å². The van der Waals surface area contributed by atoms with Gasteiger partial charge >= 0.3 is 0 Å². The maximum Gasteiger partial charge on any atom is 0.253 e. The molecule has 134 valence electrons. The molecule has 0 aromatic heterocycles. The third kappa shape index (κ3) is 4.08. The van der Waals surface area contributed by atoms with Gasteiger partial charge in [0.25, 0.3) is 11.8 Å². The van der Waals surface area contributed by atoms with Crippen LogP contribution in [0.25, 0.3) is 0 Å². The standard InChI is InChI=1S/C20H21N3O3/c1-15(24)21-18-9-7-17(8-10-18)20(26)23-13-11-22(12-14-23)19(25)16-5-3-2-4-6-16/h2-10H,11-14H2,1H3,(H,21,24). The molecule has 3 amide bonds. The molecule has 0 bridgehead atoms. The molecule has 0 atom stereocenters. The van der Waals surface area contributed by atoms with Gasteiger partial charge in [-0.05, 0) is 36.4 Å². The van der Waals surface area contributed by atoms with Crippen molar-refractivity contribution >= 4 is 23.4 Å². The highest BCUT2D eigenvalue weighted by Crippen LogP contribution is 2.14. The highest BCUT2D eigenvalue weighted by Gasteiger charge is 2.25. The fraction of sp³-hybridized carbons (Fsp3) is 0.250. The van der Waals surface area contributed by atoms with Crippen LogP contribution >= 0.6 is 0 Å². The quantitative estimate of drug-likeness (QED) is 0.922. The molecule has 1 N–H and O–H groups in total. The summed E-state index contributed by atoms with van der Waals surface area (Å²) in [6, 6.07) is 16.0. The number of nitrogens with zero attached hydrogens (tertiary/aromatic N) is 2. The van der Waals surface area contributed by atoms with E-state index in [1.165, 1.54) is 6.92 Å². The summed E-state index contributed by atoms with van der Waals surface area (Å²) in [5.41, 5.74) is 1.90. The number of carbonyl (C=O) groups excluding carboxylic acids is 3. The molecule has 0 saturated carbocycles. The van der Waals surface area contributed by atoms with Crippen LogP contribution < -0.4 is 5.32 Å². The molecule has 0 spiro atoms. The normalized spacial score (nSPS) is 14.0. The summed E-state index contributed by atoms with van der Waals surface area (Å²) in [5.74, 6) is -0.216. The lowest BCUT2D eigenvalue weighted by Gasteiger charge is -2.35. The number of carbonyl (C=O) groups is 3. The van der Waals surface area contributed by atoms with Crippen LogP contribution in [0.3, 0.4) is 0 Å². The Bertz CT molecular complexity index is 795. The Labute approximate surface area is 152 Å². The topological polar surface area (TPSA) is 69.7 Å². The summed E-state index contributed by atoms with van der Waals surface area (Å²) in [7, 11) is 0. The number of anilines is 1. The molecule has 2 aromatic carbocycles. The second kappa shape index (κ2) is 7.82. The minimum Gasteiger partial charge on any atom is -0.335 e. The van der Waals surface area contributed by atoms with Crippen molar-refractivity contribution in [3.8, 4) is 0 Å². The first-order valence-corrected chi connectivity index (χ1v) is 8.56. The van der Waals surface area contributed by atoms with Crippen LogP contribution in [-0.2, 0) is 4.79 Å². The fourth-order valence-electron chi connectivity index (χ4n) is 2.96. The Morgan fingerprint density at radius 1 is 0.731 bits per heavy atom. The van der Waals surface area contributed by atoms with Crippen molar-refractivity contribution in [3.05, 3.63) is 65.7 Å². The molecular formula is C20H21N3O3.